The summed E-state index contributed by atoms with van der Waals surface area (Å²) in [4.78, 5) is 34.2. The van der Waals surface area contributed by atoms with E-state index in [1.807, 2.05) is 37.0 Å². The molecule has 1 saturated carbocycles. The smallest absolute Gasteiger partial charge is 0.317 e. The molecule has 3 atom stereocenters. The van der Waals surface area contributed by atoms with Crippen molar-refractivity contribution in [3.63, 3.8) is 0 Å². The molecular formula is C23H43N5O2. The predicted molar refractivity (Wildman–Crippen MR) is 123 cm³/mol. The van der Waals surface area contributed by atoms with E-state index in [-0.39, 0.29) is 17.9 Å². The van der Waals surface area contributed by atoms with Crippen LogP contribution < -0.4 is 5.32 Å². The van der Waals surface area contributed by atoms with Crippen LogP contribution in [0.5, 0.6) is 0 Å². The van der Waals surface area contributed by atoms with Gasteiger partial charge in [0.1, 0.15) is 0 Å². The molecule has 1 aliphatic carbocycles. The Hall–Kier alpha value is -1.60. The highest BCUT2D eigenvalue weighted by Gasteiger charge is 2.41. The van der Waals surface area contributed by atoms with Gasteiger partial charge in [-0.05, 0) is 52.2 Å². The van der Waals surface area contributed by atoms with Crippen molar-refractivity contribution in [2.45, 2.75) is 58.5 Å². The van der Waals surface area contributed by atoms with Crippen molar-refractivity contribution in [1.29, 1.82) is 0 Å². The van der Waals surface area contributed by atoms with E-state index < -0.39 is 0 Å². The third-order valence-corrected chi connectivity index (χ3v) is 6.50. The first-order valence-corrected chi connectivity index (χ1v) is 11.7. The van der Waals surface area contributed by atoms with E-state index in [1.165, 1.54) is 0 Å². The molecule has 172 valence electrons. The van der Waals surface area contributed by atoms with Crippen LogP contribution in [0.4, 0.5) is 4.79 Å². The molecule has 7 nitrogen and oxygen atoms in total. The van der Waals surface area contributed by atoms with Crippen molar-refractivity contribution in [3.8, 4) is 0 Å². The van der Waals surface area contributed by atoms with Gasteiger partial charge in [-0.2, -0.15) is 0 Å². The molecule has 0 spiro atoms. The normalized spacial score (nSPS) is 26.0. The van der Waals surface area contributed by atoms with Gasteiger partial charge >= 0.3 is 6.03 Å². The average Bonchev–Trinajstić information content (AvgIpc) is 2.69. The number of likely N-dealkylation sites (tertiary alicyclic amines) is 1. The van der Waals surface area contributed by atoms with Gasteiger partial charge in [-0.1, -0.05) is 13.8 Å². The van der Waals surface area contributed by atoms with Crippen LogP contribution in [0.2, 0.25) is 0 Å². The van der Waals surface area contributed by atoms with Crippen LogP contribution >= 0.6 is 0 Å². The van der Waals surface area contributed by atoms with E-state index in [0.29, 0.717) is 24.9 Å². The Bertz CT molecular complexity index is 606. The van der Waals surface area contributed by atoms with Crippen molar-refractivity contribution in [3.05, 3.63) is 11.8 Å². The minimum Gasteiger partial charge on any atom is -0.383 e. The summed E-state index contributed by atoms with van der Waals surface area (Å²) in [6.45, 7) is 11.5. The second kappa shape index (κ2) is 11.7. The van der Waals surface area contributed by atoms with E-state index in [4.69, 9.17) is 0 Å². The van der Waals surface area contributed by atoms with Crippen molar-refractivity contribution in [2.75, 3.05) is 60.4 Å². The number of hydrogen-bond donors (Lipinski definition) is 1. The first-order chi connectivity index (χ1) is 14.3. The number of amides is 2. The number of carbonyl (C=O) groups is 2. The molecule has 1 N–H and O–H groups in total. The number of ketones is 1. The zero-order valence-corrected chi connectivity index (χ0v) is 20.0. The third kappa shape index (κ3) is 6.71. The molecule has 1 heterocycles. The van der Waals surface area contributed by atoms with Crippen molar-refractivity contribution in [1.82, 2.24) is 24.9 Å². The topological polar surface area (TPSA) is 59.1 Å². The van der Waals surface area contributed by atoms with Gasteiger partial charge in [-0.3, -0.25) is 9.69 Å². The number of fused-ring (bicyclic) bond motifs is 1. The summed E-state index contributed by atoms with van der Waals surface area (Å²) >= 11 is 0. The van der Waals surface area contributed by atoms with Crippen molar-refractivity contribution in [2.24, 2.45) is 5.92 Å². The summed E-state index contributed by atoms with van der Waals surface area (Å²) in [5.41, 5.74) is 0.946. The standard InChI is InChI=1S/C23H43N5O2/c1-7-10-28-17-20(24-23(30)27(9-3)12-11-26(6)8-2)13-18-15-22(29)19(14-21(18)28)16-25(4)5/h16,18,20-21H,7-15,17H2,1-6H3,(H,24,30)/t18-,20+,21-/m1/s1. The highest BCUT2D eigenvalue weighted by Crippen LogP contribution is 2.36. The molecule has 0 radical (unpaired) electrons. The molecule has 2 fully saturated rings. The number of piperidine rings is 1. The summed E-state index contributed by atoms with van der Waals surface area (Å²) in [6.07, 6.45) is 5.38. The first-order valence-electron chi connectivity index (χ1n) is 11.7. The lowest BCUT2D eigenvalue weighted by molar-refractivity contribution is -0.119. The second-order valence-corrected chi connectivity index (χ2v) is 9.13. The lowest BCUT2D eigenvalue weighted by Gasteiger charge is -2.47. The molecule has 30 heavy (non-hydrogen) atoms. The number of hydrogen-bond acceptors (Lipinski definition) is 5. The minimum atomic E-state index is 0.0252. The fourth-order valence-electron chi connectivity index (χ4n) is 4.74. The Labute approximate surface area is 183 Å². The summed E-state index contributed by atoms with van der Waals surface area (Å²) in [7, 11) is 6.02. The summed E-state index contributed by atoms with van der Waals surface area (Å²) in [6, 6.07) is 0.537. The van der Waals surface area contributed by atoms with E-state index in [9.17, 15) is 9.59 Å². The first kappa shape index (κ1) is 24.7. The zero-order chi connectivity index (χ0) is 22.3. The van der Waals surface area contributed by atoms with Crippen LogP contribution in [-0.4, -0.2) is 104 Å². The van der Waals surface area contributed by atoms with Crippen molar-refractivity contribution >= 4 is 11.8 Å². The van der Waals surface area contributed by atoms with Gasteiger partial charge < -0.3 is 20.0 Å². The van der Waals surface area contributed by atoms with Crippen LogP contribution in [-0.2, 0) is 4.79 Å². The number of carbonyl (C=O) groups excluding carboxylic acids is 2. The summed E-state index contributed by atoms with van der Waals surface area (Å²) in [5.74, 6) is 0.592. The number of nitrogens with zero attached hydrogens (tertiary/aromatic N) is 4. The lowest BCUT2D eigenvalue weighted by Crippen LogP contribution is -2.59. The van der Waals surface area contributed by atoms with Crippen molar-refractivity contribution < 1.29 is 9.59 Å². The highest BCUT2D eigenvalue weighted by atomic mass is 16.2. The van der Waals surface area contributed by atoms with Gasteiger partial charge in [0.2, 0.25) is 0 Å². The minimum absolute atomic E-state index is 0.0252. The molecular weight excluding hydrogens is 378 g/mol. The Morgan fingerprint density at radius 1 is 1.13 bits per heavy atom. The molecule has 1 saturated heterocycles. The maximum Gasteiger partial charge on any atom is 0.317 e. The van der Waals surface area contributed by atoms with Crippen LogP contribution in [0, 0.1) is 5.92 Å². The van der Waals surface area contributed by atoms with Gasteiger partial charge in [0.15, 0.2) is 5.78 Å². The molecule has 2 rings (SSSR count). The zero-order valence-electron chi connectivity index (χ0n) is 20.0. The Kier molecular flexibility index (Phi) is 9.62. The molecule has 1 aliphatic heterocycles. The van der Waals surface area contributed by atoms with Crippen LogP contribution in [0.1, 0.15) is 46.5 Å². The summed E-state index contributed by atoms with van der Waals surface area (Å²) in [5, 5.41) is 3.28. The monoisotopic (exact) mass is 421 g/mol. The van der Waals surface area contributed by atoms with Crippen LogP contribution in [0.15, 0.2) is 11.8 Å². The van der Waals surface area contributed by atoms with E-state index in [1.54, 1.807) is 0 Å². The molecule has 7 heteroatoms. The molecule has 0 unspecified atom stereocenters. The maximum atomic E-state index is 12.9. The highest BCUT2D eigenvalue weighted by molar-refractivity contribution is 5.96. The van der Waals surface area contributed by atoms with Gasteiger partial charge in [0.25, 0.3) is 0 Å². The summed E-state index contributed by atoms with van der Waals surface area (Å²) < 4.78 is 0. The molecule has 0 aromatic heterocycles. The largest absolute Gasteiger partial charge is 0.383 e. The number of rotatable bonds is 9. The number of likely N-dealkylation sites (N-methyl/N-ethyl adjacent to an activating group) is 2. The predicted octanol–water partition coefficient (Wildman–Crippen LogP) is 2.25. The maximum absolute atomic E-state index is 12.9. The van der Waals surface area contributed by atoms with Crippen LogP contribution in [0.25, 0.3) is 0 Å². The molecule has 0 bridgehead atoms. The molecule has 0 aromatic carbocycles. The number of Topliss-reactive ketones (excluding diaryl/α,β-unsaturated/α-hetero) is 1. The van der Waals surface area contributed by atoms with Gasteiger partial charge in [0.05, 0.1) is 0 Å². The molecule has 0 aromatic rings. The fourth-order valence-corrected chi connectivity index (χ4v) is 4.74. The van der Waals surface area contributed by atoms with Gasteiger partial charge in [-0.25, -0.2) is 4.79 Å². The molecule has 2 amide bonds. The van der Waals surface area contributed by atoms with Gasteiger partial charge in [-0.15, -0.1) is 0 Å². The van der Waals surface area contributed by atoms with E-state index >= 15 is 0 Å². The second-order valence-electron chi connectivity index (χ2n) is 9.13. The Morgan fingerprint density at radius 3 is 2.47 bits per heavy atom. The fraction of sp³-hybridized carbons (Fsp3) is 0.826. The SMILES string of the molecule is CCCN1C[C@@H](NC(=O)N(CC)CCN(C)CC)C[C@@H]2CC(=O)C(=CN(C)C)C[C@H]21. The molecule has 2 aliphatic rings. The van der Waals surface area contributed by atoms with Crippen LogP contribution in [0.3, 0.4) is 0 Å². The average molecular weight is 422 g/mol. The third-order valence-electron chi connectivity index (χ3n) is 6.50. The quantitative estimate of drug-likeness (QED) is 0.579. The van der Waals surface area contributed by atoms with E-state index in [0.717, 1.165) is 57.6 Å². The Morgan fingerprint density at radius 2 is 1.87 bits per heavy atom. The Balaban J connectivity index is 2.03. The number of nitrogens with one attached hydrogen (secondary N) is 1. The van der Waals surface area contributed by atoms with E-state index in [2.05, 4.69) is 36.0 Å². The number of urea groups is 1. The lowest BCUT2D eigenvalue weighted by atomic mass is 9.74. The van der Waals surface area contributed by atoms with Gasteiger partial charge in [0, 0.05) is 70.6 Å².